The molecule has 2 unspecified atom stereocenters. The molecule has 0 radical (unpaired) electrons. The summed E-state index contributed by atoms with van der Waals surface area (Å²) in [5.74, 6) is -0.182. The number of benzene rings is 1. The average Bonchev–Trinajstić information content (AvgIpc) is 2.54. The van der Waals surface area contributed by atoms with E-state index in [1.165, 1.54) is 31.3 Å². The van der Waals surface area contributed by atoms with Crippen LogP contribution in [0.4, 0.5) is 0 Å². The van der Waals surface area contributed by atoms with Crippen molar-refractivity contribution in [2.75, 3.05) is 13.6 Å². The molecule has 7 heteroatoms. The predicted molar refractivity (Wildman–Crippen MR) is 97.6 cm³/mol. The number of hydrogen-bond donors (Lipinski definition) is 0. The van der Waals surface area contributed by atoms with E-state index in [0.29, 0.717) is 5.02 Å². The Balaban J connectivity index is 2.96. The second-order valence-electron chi connectivity index (χ2n) is 6.03. The van der Waals surface area contributed by atoms with Gasteiger partial charge in [-0.3, -0.25) is 4.79 Å². The van der Waals surface area contributed by atoms with E-state index in [-0.39, 0.29) is 29.4 Å². The Labute approximate surface area is 150 Å². The molecule has 0 saturated carbocycles. The third-order valence-electron chi connectivity index (χ3n) is 4.30. The highest BCUT2D eigenvalue weighted by atomic mass is 35.5. The van der Waals surface area contributed by atoms with Gasteiger partial charge in [0.15, 0.2) is 0 Å². The zero-order chi connectivity index (χ0) is 18.5. The highest BCUT2D eigenvalue weighted by molar-refractivity contribution is 7.89. The van der Waals surface area contributed by atoms with Gasteiger partial charge >= 0.3 is 0 Å². The minimum atomic E-state index is -3.72. The lowest BCUT2D eigenvalue weighted by molar-refractivity contribution is -0.135. The van der Waals surface area contributed by atoms with Crippen molar-refractivity contribution in [1.82, 2.24) is 9.21 Å². The van der Waals surface area contributed by atoms with Crippen LogP contribution in [0.5, 0.6) is 0 Å². The molecule has 1 rings (SSSR count). The average molecular weight is 375 g/mol. The number of likely N-dealkylation sites (N-methyl/N-ethyl adjacent to an activating group) is 1. The first-order valence-corrected chi connectivity index (χ1v) is 9.99. The maximum absolute atomic E-state index is 12.7. The van der Waals surface area contributed by atoms with Crippen molar-refractivity contribution in [2.45, 2.75) is 57.5 Å². The number of carbonyl (C=O) groups is 1. The quantitative estimate of drug-likeness (QED) is 0.700. The lowest BCUT2D eigenvalue weighted by atomic mass is 10.1. The van der Waals surface area contributed by atoms with Crippen LogP contribution in [-0.2, 0) is 14.8 Å². The van der Waals surface area contributed by atoms with E-state index in [1.54, 1.807) is 4.90 Å². The molecule has 2 atom stereocenters. The van der Waals surface area contributed by atoms with Crippen molar-refractivity contribution in [3.63, 3.8) is 0 Å². The summed E-state index contributed by atoms with van der Waals surface area (Å²) < 4.78 is 26.3. The first kappa shape index (κ1) is 20.9. The van der Waals surface area contributed by atoms with Crippen molar-refractivity contribution < 1.29 is 13.2 Å². The highest BCUT2D eigenvalue weighted by Gasteiger charge is 2.28. The van der Waals surface area contributed by atoms with Crippen LogP contribution in [0.1, 0.15) is 40.5 Å². The van der Waals surface area contributed by atoms with Gasteiger partial charge in [-0.1, -0.05) is 25.4 Å². The first-order valence-electron chi connectivity index (χ1n) is 8.18. The fraction of sp³-hybridized carbons (Fsp3) is 0.588. The van der Waals surface area contributed by atoms with Crippen LogP contribution >= 0.6 is 11.6 Å². The topological polar surface area (TPSA) is 57.7 Å². The summed E-state index contributed by atoms with van der Waals surface area (Å²) in [5, 5.41) is 0.465. The molecule has 0 aliphatic carbocycles. The minimum absolute atomic E-state index is 0.0686. The van der Waals surface area contributed by atoms with E-state index >= 15 is 0 Å². The Hall–Kier alpha value is -1.11. The molecule has 24 heavy (non-hydrogen) atoms. The van der Waals surface area contributed by atoms with E-state index in [1.807, 2.05) is 27.7 Å². The van der Waals surface area contributed by atoms with Gasteiger partial charge in [0.05, 0.1) is 11.4 Å². The lowest BCUT2D eigenvalue weighted by Crippen LogP contribution is -2.49. The fourth-order valence-corrected chi connectivity index (χ4v) is 3.71. The fourth-order valence-electron chi connectivity index (χ4n) is 2.46. The summed E-state index contributed by atoms with van der Waals surface area (Å²) >= 11 is 5.80. The number of amides is 1. The Kier molecular flexibility index (Phi) is 7.70. The third kappa shape index (κ3) is 4.94. The van der Waals surface area contributed by atoms with Gasteiger partial charge in [-0.15, -0.1) is 0 Å². The molecule has 1 aromatic rings. The molecule has 0 aliphatic rings. The van der Waals surface area contributed by atoms with Crippen LogP contribution in [0.2, 0.25) is 5.02 Å². The van der Waals surface area contributed by atoms with E-state index in [4.69, 9.17) is 11.6 Å². The molecule has 0 heterocycles. The standard InChI is InChI=1S/C17H27ClN2O3S/c1-6-13(3)20(14(4)7-2)17(21)12-19(5)24(22,23)16-10-8-15(18)9-11-16/h8-11,13-14H,6-7,12H2,1-5H3. The number of rotatable bonds is 8. The molecular weight excluding hydrogens is 348 g/mol. The summed E-state index contributed by atoms with van der Waals surface area (Å²) in [7, 11) is -2.30. The number of hydrogen-bond acceptors (Lipinski definition) is 3. The maximum atomic E-state index is 12.7. The molecule has 5 nitrogen and oxygen atoms in total. The summed E-state index contributed by atoms with van der Waals surface area (Å²) in [6.07, 6.45) is 1.65. The molecule has 1 amide bonds. The normalized spacial score (nSPS) is 14.5. The van der Waals surface area contributed by atoms with Crippen LogP contribution in [0.15, 0.2) is 29.2 Å². The van der Waals surface area contributed by atoms with Gasteiger partial charge in [-0.2, -0.15) is 4.31 Å². The molecule has 1 aromatic carbocycles. The van der Waals surface area contributed by atoms with Gasteiger partial charge < -0.3 is 4.90 Å². The molecule has 0 saturated heterocycles. The molecular formula is C17H27ClN2O3S. The van der Waals surface area contributed by atoms with Crippen molar-refractivity contribution >= 4 is 27.5 Å². The van der Waals surface area contributed by atoms with Crippen LogP contribution in [0, 0.1) is 0 Å². The van der Waals surface area contributed by atoms with E-state index < -0.39 is 10.0 Å². The second kappa shape index (κ2) is 8.83. The molecule has 0 N–H and O–H groups in total. The van der Waals surface area contributed by atoms with Crippen LogP contribution in [0.25, 0.3) is 0 Å². The maximum Gasteiger partial charge on any atom is 0.243 e. The third-order valence-corrected chi connectivity index (χ3v) is 6.37. The summed E-state index contributed by atoms with van der Waals surface area (Å²) in [4.78, 5) is 14.6. The lowest BCUT2D eigenvalue weighted by Gasteiger charge is -2.35. The van der Waals surface area contributed by atoms with Gasteiger partial charge in [-0.25, -0.2) is 8.42 Å². The van der Waals surface area contributed by atoms with Gasteiger partial charge in [-0.05, 0) is 51.0 Å². The zero-order valence-corrected chi connectivity index (χ0v) is 16.6. The number of halogens is 1. The van der Waals surface area contributed by atoms with Gasteiger partial charge in [0, 0.05) is 24.2 Å². The Morgan fingerprint density at radius 2 is 1.54 bits per heavy atom. The summed E-state index contributed by atoms with van der Waals surface area (Å²) in [6.45, 7) is 7.82. The molecule has 0 spiro atoms. The van der Waals surface area contributed by atoms with Crippen LogP contribution in [-0.4, -0.2) is 49.2 Å². The Morgan fingerprint density at radius 1 is 1.08 bits per heavy atom. The monoisotopic (exact) mass is 374 g/mol. The van der Waals surface area contributed by atoms with Gasteiger partial charge in [0.2, 0.25) is 15.9 Å². The van der Waals surface area contributed by atoms with E-state index in [9.17, 15) is 13.2 Å². The van der Waals surface area contributed by atoms with Crippen molar-refractivity contribution in [3.05, 3.63) is 29.3 Å². The number of carbonyl (C=O) groups excluding carboxylic acids is 1. The van der Waals surface area contributed by atoms with Gasteiger partial charge in [0.1, 0.15) is 0 Å². The molecule has 0 aromatic heterocycles. The number of sulfonamides is 1. The van der Waals surface area contributed by atoms with E-state index in [2.05, 4.69) is 0 Å². The van der Waals surface area contributed by atoms with Crippen LogP contribution in [0.3, 0.4) is 0 Å². The summed E-state index contributed by atoms with van der Waals surface area (Å²) in [6, 6.07) is 6.07. The molecule has 0 fully saturated rings. The molecule has 136 valence electrons. The van der Waals surface area contributed by atoms with Crippen molar-refractivity contribution in [2.24, 2.45) is 0 Å². The van der Waals surface area contributed by atoms with Gasteiger partial charge in [0.25, 0.3) is 0 Å². The zero-order valence-electron chi connectivity index (χ0n) is 15.0. The summed E-state index contributed by atoms with van der Waals surface area (Å²) in [5.41, 5.74) is 0. The minimum Gasteiger partial charge on any atom is -0.336 e. The molecule has 0 aliphatic heterocycles. The molecule has 0 bridgehead atoms. The first-order chi connectivity index (χ1) is 11.1. The smallest absolute Gasteiger partial charge is 0.243 e. The van der Waals surface area contributed by atoms with E-state index in [0.717, 1.165) is 17.1 Å². The Bertz CT molecular complexity index is 636. The van der Waals surface area contributed by atoms with Crippen LogP contribution < -0.4 is 0 Å². The second-order valence-corrected chi connectivity index (χ2v) is 8.51. The van der Waals surface area contributed by atoms with Crippen molar-refractivity contribution in [3.8, 4) is 0 Å². The van der Waals surface area contributed by atoms with Crippen molar-refractivity contribution in [1.29, 1.82) is 0 Å². The number of nitrogens with zero attached hydrogens (tertiary/aromatic N) is 2. The SMILES string of the molecule is CCC(C)N(C(=O)CN(C)S(=O)(=O)c1ccc(Cl)cc1)C(C)CC. The highest BCUT2D eigenvalue weighted by Crippen LogP contribution is 2.19. The Morgan fingerprint density at radius 3 is 1.96 bits per heavy atom. The largest absolute Gasteiger partial charge is 0.336 e. The predicted octanol–water partition coefficient (Wildman–Crippen LogP) is 3.39.